The normalized spacial score (nSPS) is 9.24. The third-order valence-corrected chi connectivity index (χ3v) is 2.23. The van der Waals surface area contributed by atoms with Crippen LogP contribution in [-0.2, 0) is 6.42 Å². The molecule has 0 spiro atoms. The van der Waals surface area contributed by atoms with Crippen molar-refractivity contribution in [2.24, 2.45) is 0 Å². The van der Waals surface area contributed by atoms with Crippen LogP contribution in [0, 0.1) is 0 Å². The van der Waals surface area contributed by atoms with Crippen molar-refractivity contribution in [2.75, 3.05) is 0 Å². The lowest BCUT2D eigenvalue weighted by atomic mass is 10.2. The molecule has 2 rings (SSSR count). The van der Waals surface area contributed by atoms with Gasteiger partial charge in [-0.25, -0.2) is 0 Å². The maximum Gasteiger partial charge on any atom is 0.157 e. The van der Waals surface area contributed by atoms with Crippen molar-refractivity contribution < 1.29 is 15.3 Å². The number of rotatable bonds is 1. The first-order chi connectivity index (χ1) is 8.13. The van der Waals surface area contributed by atoms with E-state index in [2.05, 4.69) is 6.92 Å². The van der Waals surface area contributed by atoms with Gasteiger partial charge in [-0.3, -0.25) is 0 Å². The van der Waals surface area contributed by atoms with Gasteiger partial charge in [0, 0.05) is 0 Å². The SMILES string of the molecule is CCc1ccc(O)cc1.Oc1ccccc1O. The number of para-hydroxylation sites is 2. The number of benzene rings is 2. The van der Waals surface area contributed by atoms with Crippen molar-refractivity contribution in [1.82, 2.24) is 0 Å². The van der Waals surface area contributed by atoms with Gasteiger partial charge in [-0.2, -0.15) is 0 Å². The zero-order valence-corrected chi connectivity index (χ0v) is 9.67. The summed E-state index contributed by atoms with van der Waals surface area (Å²) in [6, 6.07) is 13.4. The third-order valence-electron chi connectivity index (χ3n) is 2.23. The molecule has 0 bridgehead atoms. The van der Waals surface area contributed by atoms with Gasteiger partial charge in [0.05, 0.1) is 0 Å². The quantitative estimate of drug-likeness (QED) is 0.662. The monoisotopic (exact) mass is 232 g/mol. The summed E-state index contributed by atoms with van der Waals surface area (Å²) < 4.78 is 0. The molecule has 0 saturated carbocycles. The number of phenols is 3. The smallest absolute Gasteiger partial charge is 0.157 e. The second kappa shape index (κ2) is 6.43. The van der Waals surface area contributed by atoms with Crippen LogP contribution in [-0.4, -0.2) is 15.3 Å². The Labute approximate surface area is 101 Å². The molecule has 0 atom stereocenters. The van der Waals surface area contributed by atoms with Crippen molar-refractivity contribution in [3.05, 3.63) is 54.1 Å². The summed E-state index contributed by atoms with van der Waals surface area (Å²) in [5.74, 6) is 0.187. The minimum Gasteiger partial charge on any atom is -0.508 e. The minimum absolute atomic E-state index is 0.0764. The molecule has 0 heterocycles. The summed E-state index contributed by atoms with van der Waals surface area (Å²) in [7, 11) is 0. The van der Waals surface area contributed by atoms with E-state index in [1.807, 2.05) is 12.1 Å². The van der Waals surface area contributed by atoms with E-state index in [1.54, 1.807) is 24.3 Å². The van der Waals surface area contributed by atoms with Crippen molar-refractivity contribution >= 4 is 0 Å². The van der Waals surface area contributed by atoms with Gasteiger partial charge in [-0.15, -0.1) is 0 Å². The fraction of sp³-hybridized carbons (Fsp3) is 0.143. The van der Waals surface area contributed by atoms with Crippen molar-refractivity contribution in [2.45, 2.75) is 13.3 Å². The van der Waals surface area contributed by atoms with E-state index in [0.717, 1.165) is 6.42 Å². The highest BCUT2D eigenvalue weighted by Crippen LogP contribution is 2.21. The molecule has 0 aliphatic heterocycles. The Morgan fingerprint density at radius 2 is 1.24 bits per heavy atom. The molecule has 3 N–H and O–H groups in total. The molecule has 0 fully saturated rings. The second-order valence-electron chi connectivity index (χ2n) is 3.51. The van der Waals surface area contributed by atoms with Gasteiger partial charge in [0.2, 0.25) is 0 Å². The fourth-order valence-electron chi connectivity index (χ4n) is 1.20. The number of aryl methyl sites for hydroxylation is 1. The summed E-state index contributed by atoms with van der Waals surface area (Å²) in [5, 5.41) is 26.2. The molecular formula is C14H16O3. The molecule has 0 aliphatic rings. The summed E-state index contributed by atoms with van der Waals surface area (Å²) in [4.78, 5) is 0. The summed E-state index contributed by atoms with van der Waals surface area (Å²) in [6.07, 6.45) is 1.03. The van der Waals surface area contributed by atoms with Gasteiger partial charge in [0.1, 0.15) is 5.75 Å². The lowest BCUT2D eigenvalue weighted by molar-refractivity contribution is 0.404. The number of aromatic hydroxyl groups is 3. The molecule has 0 aliphatic carbocycles. The maximum absolute atomic E-state index is 8.85. The predicted molar refractivity (Wildman–Crippen MR) is 67.3 cm³/mol. The molecular weight excluding hydrogens is 216 g/mol. The Balaban J connectivity index is 0.000000171. The zero-order valence-electron chi connectivity index (χ0n) is 9.67. The first kappa shape index (κ1) is 12.9. The van der Waals surface area contributed by atoms with E-state index in [1.165, 1.54) is 17.7 Å². The average molecular weight is 232 g/mol. The molecule has 3 heteroatoms. The molecule has 0 radical (unpaired) electrons. The van der Waals surface area contributed by atoms with Gasteiger partial charge in [-0.1, -0.05) is 31.2 Å². The molecule has 0 unspecified atom stereocenters. The van der Waals surface area contributed by atoms with Crippen LogP contribution in [0.5, 0.6) is 17.2 Å². The van der Waals surface area contributed by atoms with Gasteiger partial charge in [0.25, 0.3) is 0 Å². The van der Waals surface area contributed by atoms with E-state index >= 15 is 0 Å². The minimum atomic E-state index is -0.0764. The molecule has 2 aromatic carbocycles. The maximum atomic E-state index is 8.85. The van der Waals surface area contributed by atoms with E-state index in [0.29, 0.717) is 5.75 Å². The van der Waals surface area contributed by atoms with E-state index in [-0.39, 0.29) is 11.5 Å². The van der Waals surface area contributed by atoms with Crippen LogP contribution in [0.1, 0.15) is 12.5 Å². The fourth-order valence-corrected chi connectivity index (χ4v) is 1.20. The van der Waals surface area contributed by atoms with E-state index in [4.69, 9.17) is 15.3 Å². The number of hydrogen-bond donors (Lipinski definition) is 3. The van der Waals surface area contributed by atoms with Crippen molar-refractivity contribution in [1.29, 1.82) is 0 Å². The number of hydrogen-bond acceptors (Lipinski definition) is 3. The summed E-state index contributed by atoms with van der Waals surface area (Å²) in [5.41, 5.74) is 1.26. The first-order valence-corrected chi connectivity index (χ1v) is 5.38. The van der Waals surface area contributed by atoms with Gasteiger partial charge < -0.3 is 15.3 Å². The van der Waals surface area contributed by atoms with Crippen LogP contribution in [0.25, 0.3) is 0 Å². The summed E-state index contributed by atoms with van der Waals surface area (Å²) >= 11 is 0. The molecule has 0 saturated heterocycles. The predicted octanol–water partition coefficient (Wildman–Crippen LogP) is 3.05. The zero-order chi connectivity index (χ0) is 12.7. The summed E-state index contributed by atoms with van der Waals surface area (Å²) in [6.45, 7) is 2.09. The van der Waals surface area contributed by atoms with Gasteiger partial charge in [-0.05, 0) is 36.2 Å². The Hall–Kier alpha value is -2.16. The van der Waals surface area contributed by atoms with Crippen LogP contribution < -0.4 is 0 Å². The van der Waals surface area contributed by atoms with Crippen LogP contribution in [0.3, 0.4) is 0 Å². The third kappa shape index (κ3) is 4.47. The lowest BCUT2D eigenvalue weighted by Crippen LogP contribution is -1.75. The Bertz CT molecular complexity index is 428. The van der Waals surface area contributed by atoms with Crippen LogP contribution in [0.4, 0.5) is 0 Å². The highest BCUT2D eigenvalue weighted by Gasteiger charge is 1.90. The van der Waals surface area contributed by atoms with Crippen LogP contribution in [0.2, 0.25) is 0 Å². The van der Waals surface area contributed by atoms with Crippen LogP contribution >= 0.6 is 0 Å². The molecule has 17 heavy (non-hydrogen) atoms. The Kier molecular flexibility index (Phi) is 4.88. The highest BCUT2D eigenvalue weighted by molar-refractivity contribution is 5.36. The lowest BCUT2D eigenvalue weighted by Gasteiger charge is -1.93. The highest BCUT2D eigenvalue weighted by atomic mass is 16.3. The van der Waals surface area contributed by atoms with Crippen LogP contribution in [0.15, 0.2) is 48.5 Å². The molecule has 3 nitrogen and oxygen atoms in total. The van der Waals surface area contributed by atoms with Crippen molar-refractivity contribution in [3.8, 4) is 17.2 Å². The largest absolute Gasteiger partial charge is 0.508 e. The molecule has 0 aromatic heterocycles. The number of phenolic OH excluding ortho intramolecular Hbond substituents is 3. The Morgan fingerprint density at radius 3 is 1.59 bits per heavy atom. The average Bonchev–Trinajstić information content (AvgIpc) is 2.35. The van der Waals surface area contributed by atoms with E-state index in [9.17, 15) is 0 Å². The van der Waals surface area contributed by atoms with E-state index < -0.39 is 0 Å². The van der Waals surface area contributed by atoms with Gasteiger partial charge in [0.15, 0.2) is 11.5 Å². The second-order valence-corrected chi connectivity index (χ2v) is 3.51. The van der Waals surface area contributed by atoms with Crippen molar-refractivity contribution in [3.63, 3.8) is 0 Å². The molecule has 90 valence electrons. The Morgan fingerprint density at radius 1 is 0.765 bits per heavy atom. The molecule has 2 aromatic rings. The van der Waals surface area contributed by atoms with Gasteiger partial charge >= 0.3 is 0 Å². The topological polar surface area (TPSA) is 60.7 Å². The standard InChI is InChI=1S/C8H10O.C6H6O2/c1-2-7-3-5-8(9)6-4-7;7-5-3-1-2-4-6(5)8/h3-6,9H,2H2,1H3;1-4,7-8H. The molecule has 0 amide bonds. The first-order valence-electron chi connectivity index (χ1n) is 5.38.